The molecule has 0 spiro atoms. The Kier molecular flexibility index (Phi) is 6.12. The van der Waals surface area contributed by atoms with Crippen molar-refractivity contribution in [2.75, 3.05) is 32.7 Å². The Hall–Kier alpha value is -0.610. The molecule has 2 saturated carbocycles. The van der Waals surface area contributed by atoms with Crippen molar-refractivity contribution in [1.29, 1.82) is 0 Å². The molecule has 2 fully saturated rings. The van der Waals surface area contributed by atoms with Crippen LogP contribution in [0.1, 0.15) is 60.3 Å². The third-order valence-corrected chi connectivity index (χ3v) is 7.02. The van der Waals surface area contributed by atoms with Gasteiger partial charge in [0.2, 0.25) is 5.91 Å². The summed E-state index contributed by atoms with van der Waals surface area (Å²) in [5.41, 5.74) is 0.185. The summed E-state index contributed by atoms with van der Waals surface area (Å²) in [6.07, 6.45) is 5.01. The van der Waals surface area contributed by atoms with Crippen LogP contribution in [0.25, 0.3) is 0 Å². The highest BCUT2D eigenvalue weighted by molar-refractivity contribution is 5.79. The smallest absolute Gasteiger partial charge is 0.234 e. The summed E-state index contributed by atoms with van der Waals surface area (Å²) in [7, 11) is 0. The predicted molar refractivity (Wildman–Crippen MR) is 96.4 cm³/mol. The molecule has 4 nitrogen and oxygen atoms in total. The number of carbonyl (C=O) groups is 1. The van der Waals surface area contributed by atoms with Gasteiger partial charge < -0.3 is 15.5 Å². The summed E-state index contributed by atoms with van der Waals surface area (Å²) in [5, 5.41) is 6.70. The van der Waals surface area contributed by atoms with Gasteiger partial charge in [0.05, 0.1) is 6.54 Å². The van der Waals surface area contributed by atoms with E-state index in [1.165, 1.54) is 19.3 Å². The quantitative estimate of drug-likeness (QED) is 0.641. The number of rotatable bonds is 9. The Labute approximate surface area is 142 Å². The van der Waals surface area contributed by atoms with Crippen LogP contribution in [0.4, 0.5) is 0 Å². The van der Waals surface area contributed by atoms with Crippen molar-refractivity contribution in [2.45, 2.75) is 65.8 Å². The van der Waals surface area contributed by atoms with Gasteiger partial charge in [0.15, 0.2) is 0 Å². The van der Waals surface area contributed by atoms with Gasteiger partial charge >= 0.3 is 0 Å². The maximum Gasteiger partial charge on any atom is 0.234 e. The summed E-state index contributed by atoms with van der Waals surface area (Å²) in [6.45, 7) is 16.0. The minimum atomic E-state index is -0.0318. The zero-order valence-electron chi connectivity index (χ0n) is 15.9. The Balaban J connectivity index is 1.71. The zero-order chi connectivity index (χ0) is 17.1. The topological polar surface area (TPSA) is 44.4 Å². The highest BCUT2D eigenvalue weighted by Gasteiger charge is 2.60. The molecule has 2 aliphatic carbocycles. The highest BCUT2D eigenvalue weighted by atomic mass is 16.2. The van der Waals surface area contributed by atoms with Gasteiger partial charge in [-0.2, -0.15) is 0 Å². The lowest BCUT2D eigenvalue weighted by molar-refractivity contribution is -0.124. The van der Waals surface area contributed by atoms with E-state index in [1.54, 1.807) is 0 Å². The van der Waals surface area contributed by atoms with E-state index in [9.17, 15) is 4.79 Å². The Bertz CT molecular complexity index is 405. The number of hydrogen-bond donors (Lipinski definition) is 2. The maximum atomic E-state index is 12.4. The van der Waals surface area contributed by atoms with Crippen molar-refractivity contribution < 1.29 is 4.79 Å². The van der Waals surface area contributed by atoms with E-state index >= 15 is 0 Å². The number of nitrogens with one attached hydrogen (secondary N) is 2. The Morgan fingerprint density at radius 3 is 2.35 bits per heavy atom. The Morgan fingerprint density at radius 1 is 1.13 bits per heavy atom. The number of carbonyl (C=O) groups excluding carboxylic acids is 1. The average Bonchev–Trinajstić information content (AvgIpc) is 3.06. The molecular formula is C19H37N3O. The van der Waals surface area contributed by atoms with Gasteiger partial charge in [0.1, 0.15) is 0 Å². The van der Waals surface area contributed by atoms with Crippen molar-refractivity contribution >= 4 is 5.91 Å². The van der Waals surface area contributed by atoms with Gasteiger partial charge in [-0.1, -0.05) is 27.7 Å². The molecule has 1 amide bonds. The monoisotopic (exact) mass is 323 g/mol. The molecule has 0 unspecified atom stereocenters. The lowest BCUT2D eigenvalue weighted by atomic mass is 9.64. The molecule has 0 saturated heterocycles. The lowest BCUT2D eigenvalue weighted by Gasteiger charge is -2.48. The van der Waals surface area contributed by atoms with E-state index in [2.05, 4.69) is 50.2 Å². The van der Waals surface area contributed by atoms with Crippen molar-refractivity contribution in [3.63, 3.8) is 0 Å². The van der Waals surface area contributed by atoms with Crippen LogP contribution in [0.5, 0.6) is 0 Å². The van der Waals surface area contributed by atoms with Crippen LogP contribution in [0.3, 0.4) is 0 Å². The van der Waals surface area contributed by atoms with Crippen LogP contribution >= 0.6 is 0 Å². The lowest BCUT2D eigenvalue weighted by Crippen LogP contribution is -2.60. The van der Waals surface area contributed by atoms with Gasteiger partial charge in [-0.25, -0.2) is 0 Å². The van der Waals surface area contributed by atoms with Crippen molar-refractivity contribution in [3.8, 4) is 0 Å². The first kappa shape index (κ1) is 18.7. The average molecular weight is 324 g/mol. The minimum absolute atomic E-state index is 0.0318. The molecule has 23 heavy (non-hydrogen) atoms. The summed E-state index contributed by atoms with van der Waals surface area (Å²) in [6, 6.07) is 0. The van der Waals surface area contributed by atoms with Crippen LogP contribution in [0, 0.1) is 17.3 Å². The molecule has 2 bridgehead atoms. The number of nitrogens with zero attached hydrogens (tertiary/aromatic N) is 1. The standard InChI is InChI=1S/C19H37N3O/c1-6-22(7-2)12-8-11-20-14-17(23)21-19(5)16-10-9-15(13-16)18(19,3)4/h15-16,20H,6-14H2,1-5H3,(H,21,23)/t15-,16+,19-/m0/s1. The van der Waals surface area contributed by atoms with E-state index in [0.717, 1.165) is 38.5 Å². The fourth-order valence-corrected chi connectivity index (χ4v) is 4.88. The molecule has 134 valence electrons. The first-order valence-corrected chi connectivity index (χ1v) is 9.59. The number of amides is 1. The van der Waals surface area contributed by atoms with Crippen molar-refractivity contribution in [3.05, 3.63) is 0 Å². The van der Waals surface area contributed by atoms with Gasteiger partial charge in [-0.05, 0) is 76.0 Å². The SMILES string of the molecule is CCN(CC)CCCNCC(=O)N[C@@]1(C)[C@@H]2CC[C@@H](C2)C1(C)C. The van der Waals surface area contributed by atoms with Crippen LogP contribution in [-0.4, -0.2) is 49.1 Å². The third-order valence-electron chi connectivity index (χ3n) is 7.02. The van der Waals surface area contributed by atoms with Gasteiger partial charge in [0.25, 0.3) is 0 Å². The summed E-state index contributed by atoms with van der Waals surface area (Å²) >= 11 is 0. The first-order chi connectivity index (χ1) is 10.8. The molecule has 0 aliphatic heterocycles. The fourth-order valence-electron chi connectivity index (χ4n) is 4.88. The molecule has 4 heteroatoms. The summed E-state index contributed by atoms with van der Waals surface area (Å²) in [5.74, 6) is 1.60. The fraction of sp³-hybridized carbons (Fsp3) is 0.947. The van der Waals surface area contributed by atoms with E-state index < -0.39 is 0 Å². The molecule has 3 atom stereocenters. The second-order valence-electron chi connectivity index (χ2n) is 8.24. The molecule has 0 aromatic heterocycles. The summed E-state index contributed by atoms with van der Waals surface area (Å²) in [4.78, 5) is 14.8. The zero-order valence-corrected chi connectivity index (χ0v) is 15.9. The van der Waals surface area contributed by atoms with Crippen LogP contribution < -0.4 is 10.6 Å². The maximum absolute atomic E-state index is 12.4. The van der Waals surface area contributed by atoms with E-state index in [-0.39, 0.29) is 16.9 Å². The van der Waals surface area contributed by atoms with E-state index in [4.69, 9.17) is 0 Å². The molecule has 2 N–H and O–H groups in total. The van der Waals surface area contributed by atoms with E-state index in [0.29, 0.717) is 12.5 Å². The largest absolute Gasteiger partial charge is 0.349 e. The van der Waals surface area contributed by atoms with Gasteiger partial charge in [0, 0.05) is 5.54 Å². The number of hydrogen-bond acceptors (Lipinski definition) is 3. The van der Waals surface area contributed by atoms with Crippen molar-refractivity contribution in [1.82, 2.24) is 15.5 Å². The minimum Gasteiger partial charge on any atom is -0.349 e. The van der Waals surface area contributed by atoms with Gasteiger partial charge in [-0.3, -0.25) is 4.79 Å². The molecule has 2 rings (SSSR count). The van der Waals surface area contributed by atoms with Crippen LogP contribution in [0.15, 0.2) is 0 Å². The summed E-state index contributed by atoms with van der Waals surface area (Å²) < 4.78 is 0. The normalized spacial score (nSPS) is 31.7. The second kappa shape index (κ2) is 7.52. The van der Waals surface area contributed by atoms with Crippen molar-refractivity contribution in [2.24, 2.45) is 17.3 Å². The predicted octanol–water partition coefficient (Wildman–Crippen LogP) is 2.64. The van der Waals surface area contributed by atoms with E-state index in [1.807, 2.05) is 0 Å². The number of fused-ring (bicyclic) bond motifs is 2. The highest BCUT2D eigenvalue weighted by Crippen LogP contribution is 2.61. The van der Waals surface area contributed by atoms with Crippen LogP contribution in [-0.2, 0) is 4.79 Å². The molecule has 0 aromatic carbocycles. The Morgan fingerprint density at radius 2 is 1.78 bits per heavy atom. The molecule has 2 aliphatic rings. The molecule has 0 heterocycles. The second-order valence-corrected chi connectivity index (χ2v) is 8.24. The molecule has 0 radical (unpaired) electrons. The van der Waals surface area contributed by atoms with Crippen LogP contribution in [0.2, 0.25) is 0 Å². The molecular weight excluding hydrogens is 286 g/mol. The van der Waals surface area contributed by atoms with Gasteiger partial charge in [-0.15, -0.1) is 0 Å². The third kappa shape index (κ3) is 3.74. The first-order valence-electron chi connectivity index (χ1n) is 9.59. The molecule has 0 aromatic rings.